The molecular weight excluding hydrogens is 350 g/mol. The van der Waals surface area contributed by atoms with E-state index in [4.69, 9.17) is 9.47 Å². The fraction of sp³-hybridized carbons (Fsp3) is 0.458. The normalized spacial score (nSPS) is 19.6. The molecule has 1 amide bonds. The summed E-state index contributed by atoms with van der Waals surface area (Å²) in [6.45, 7) is 4.89. The fourth-order valence-corrected chi connectivity index (χ4v) is 4.10. The Balaban J connectivity index is 1.84. The zero-order valence-corrected chi connectivity index (χ0v) is 17.4. The molecule has 4 nitrogen and oxygen atoms in total. The molecule has 0 radical (unpaired) electrons. The maximum Gasteiger partial charge on any atom is 0.223 e. The van der Waals surface area contributed by atoms with Gasteiger partial charge in [0.15, 0.2) is 0 Å². The summed E-state index contributed by atoms with van der Waals surface area (Å²) in [5.74, 6) is 0.932. The first kappa shape index (κ1) is 20.4. The van der Waals surface area contributed by atoms with Crippen molar-refractivity contribution in [2.24, 2.45) is 0 Å². The van der Waals surface area contributed by atoms with Gasteiger partial charge in [-0.15, -0.1) is 0 Å². The second kappa shape index (κ2) is 8.78. The molecule has 4 heteroatoms. The molecule has 0 saturated carbocycles. The standard InChI is InChI=1S/C24H31NO3/c1-24(2)17-19(14-15-28-24)25(3)23(26)16-21(18-10-6-5-7-11-18)20-12-8-9-13-22(20)27-4/h5-13,19,21H,14-17H2,1-4H3/t19-,21-/m0/s1. The number of para-hydroxylation sites is 1. The van der Waals surface area contributed by atoms with Crippen molar-refractivity contribution >= 4 is 5.91 Å². The topological polar surface area (TPSA) is 38.8 Å². The first-order valence-corrected chi connectivity index (χ1v) is 9.99. The Bertz CT molecular complexity index is 787. The van der Waals surface area contributed by atoms with Crippen LogP contribution in [0.2, 0.25) is 0 Å². The first-order chi connectivity index (χ1) is 13.4. The van der Waals surface area contributed by atoms with Crippen LogP contribution >= 0.6 is 0 Å². The number of carbonyl (C=O) groups is 1. The molecule has 2 aromatic rings. The highest BCUT2D eigenvalue weighted by atomic mass is 16.5. The maximum absolute atomic E-state index is 13.3. The molecule has 3 rings (SSSR count). The van der Waals surface area contributed by atoms with Crippen LogP contribution in [0, 0.1) is 0 Å². The van der Waals surface area contributed by atoms with E-state index in [1.807, 2.05) is 48.3 Å². The number of hydrogen-bond donors (Lipinski definition) is 0. The van der Waals surface area contributed by atoms with Crippen LogP contribution in [0.4, 0.5) is 0 Å². The molecule has 1 saturated heterocycles. The molecule has 0 unspecified atom stereocenters. The van der Waals surface area contributed by atoms with Crippen LogP contribution in [0.25, 0.3) is 0 Å². The van der Waals surface area contributed by atoms with Crippen molar-refractivity contribution in [3.05, 3.63) is 65.7 Å². The Morgan fingerprint density at radius 3 is 2.54 bits per heavy atom. The largest absolute Gasteiger partial charge is 0.496 e. The minimum absolute atomic E-state index is 0.0415. The molecule has 0 spiro atoms. The van der Waals surface area contributed by atoms with Crippen molar-refractivity contribution in [3.8, 4) is 5.75 Å². The monoisotopic (exact) mass is 381 g/mol. The predicted molar refractivity (Wildman–Crippen MR) is 112 cm³/mol. The van der Waals surface area contributed by atoms with E-state index in [2.05, 4.69) is 32.0 Å². The van der Waals surface area contributed by atoms with E-state index < -0.39 is 0 Å². The molecule has 0 N–H and O–H groups in total. The Morgan fingerprint density at radius 1 is 1.18 bits per heavy atom. The molecule has 2 atom stereocenters. The van der Waals surface area contributed by atoms with Crippen LogP contribution in [0.15, 0.2) is 54.6 Å². The van der Waals surface area contributed by atoms with E-state index >= 15 is 0 Å². The number of amides is 1. The predicted octanol–water partition coefficient (Wildman–Crippen LogP) is 4.63. The quantitative estimate of drug-likeness (QED) is 0.732. The van der Waals surface area contributed by atoms with Crippen molar-refractivity contribution in [2.45, 2.75) is 50.7 Å². The molecule has 150 valence electrons. The highest BCUT2D eigenvalue weighted by Gasteiger charge is 2.33. The molecule has 1 aliphatic rings. The number of hydrogen-bond acceptors (Lipinski definition) is 3. The maximum atomic E-state index is 13.3. The Labute approximate surface area is 168 Å². The summed E-state index contributed by atoms with van der Waals surface area (Å²) in [5, 5.41) is 0. The van der Waals surface area contributed by atoms with Gasteiger partial charge in [0.1, 0.15) is 5.75 Å². The van der Waals surface area contributed by atoms with Crippen molar-refractivity contribution in [3.63, 3.8) is 0 Å². The lowest BCUT2D eigenvalue weighted by Crippen LogP contribution is -2.47. The van der Waals surface area contributed by atoms with Crippen LogP contribution in [-0.4, -0.2) is 43.2 Å². The smallest absolute Gasteiger partial charge is 0.223 e. The Hall–Kier alpha value is -2.33. The van der Waals surface area contributed by atoms with Gasteiger partial charge in [-0.25, -0.2) is 0 Å². The number of rotatable bonds is 6. The van der Waals surface area contributed by atoms with E-state index in [0.29, 0.717) is 13.0 Å². The summed E-state index contributed by atoms with van der Waals surface area (Å²) in [4.78, 5) is 15.2. The highest BCUT2D eigenvalue weighted by molar-refractivity contribution is 5.78. The zero-order chi connectivity index (χ0) is 20.1. The summed E-state index contributed by atoms with van der Waals surface area (Å²) < 4.78 is 11.4. The lowest BCUT2D eigenvalue weighted by molar-refractivity contribution is -0.138. The van der Waals surface area contributed by atoms with Crippen molar-refractivity contribution in [2.75, 3.05) is 20.8 Å². The van der Waals surface area contributed by atoms with E-state index in [9.17, 15) is 4.79 Å². The van der Waals surface area contributed by atoms with E-state index in [-0.39, 0.29) is 23.5 Å². The van der Waals surface area contributed by atoms with Crippen LogP contribution < -0.4 is 4.74 Å². The molecule has 1 fully saturated rings. The van der Waals surface area contributed by atoms with Gasteiger partial charge in [-0.2, -0.15) is 0 Å². The SMILES string of the molecule is COc1ccccc1[C@@H](CC(=O)N(C)[C@H]1CCOC(C)(C)C1)c1ccccc1. The van der Waals surface area contributed by atoms with Crippen LogP contribution in [0.5, 0.6) is 5.75 Å². The average Bonchev–Trinajstić information content (AvgIpc) is 2.71. The average molecular weight is 382 g/mol. The summed E-state index contributed by atoms with van der Waals surface area (Å²) in [7, 11) is 3.61. The first-order valence-electron chi connectivity index (χ1n) is 9.99. The molecule has 0 bridgehead atoms. The number of methoxy groups -OCH3 is 1. The summed E-state index contributed by atoms with van der Waals surface area (Å²) in [5.41, 5.74) is 1.99. The molecule has 0 aromatic heterocycles. The minimum atomic E-state index is -0.182. The van der Waals surface area contributed by atoms with Gasteiger partial charge in [-0.05, 0) is 38.3 Å². The number of carbonyl (C=O) groups excluding carboxylic acids is 1. The third-order valence-corrected chi connectivity index (χ3v) is 5.71. The number of ether oxygens (including phenoxy) is 2. The Morgan fingerprint density at radius 2 is 1.86 bits per heavy atom. The Kier molecular flexibility index (Phi) is 6.40. The molecule has 2 aromatic carbocycles. The van der Waals surface area contributed by atoms with Crippen molar-refractivity contribution < 1.29 is 14.3 Å². The molecule has 1 aliphatic heterocycles. The van der Waals surface area contributed by atoms with E-state index in [1.54, 1.807) is 7.11 Å². The molecule has 1 heterocycles. The van der Waals surface area contributed by atoms with Crippen molar-refractivity contribution in [1.82, 2.24) is 4.90 Å². The van der Waals surface area contributed by atoms with Gasteiger partial charge in [0.05, 0.1) is 12.7 Å². The highest BCUT2D eigenvalue weighted by Crippen LogP contribution is 2.35. The van der Waals surface area contributed by atoms with E-state index in [1.165, 1.54) is 0 Å². The number of nitrogens with zero attached hydrogens (tertiary/aromatic N) is 1. The lowest BCUT2D eigenvalue weighted by atomic mass is 9.86. The second-order valence-electron chi connectivity index (χ2n) is 8.17. The summed E-state index contributed by atoms with van der Waals surface area (Å²) in [6, 6.07) is 18.4. The molecular formula is C24H31NO3. The van der Waals surface area contributed by atoms with Crippen LogP contribution in [0.3, 0.4) is 0 Å². The van der Waals surface area contributed by atoms with Gasteiger partial charge in [0.25, 0.3) is 0 Å². The van der Waals surface area contributed by atoms with Gasteiger partial charge in [-0.3, -0.25) is 4.79 Å². The van der Waals surface area contributed by atoms with Gasteiger partial charge in [0.2, 0.25) is 5.91 Å². The third-order valence-electron chi connectivity index (χ3n) is 5.71. The molecule has 28 heavy (non-hydrogen) atoms. The zero-order valence-electron chi connectivity index (χ0n) is 17.4. The number of benzene rings is 2. The second-order valence-corrected chi connectivity index (χ2v) is 8.17. The van der Waals surface area contributed by atoms with Gasteiger partial charge in [-0.1, -0.05) is 48.5 Å². The van der Waals surface area contributed by atoms with Gasteiger partial charge >= 0.3 is 0 Å². The van der Waals surface area contributed by atoms with Crippen molar-refractivity contribution in [1.29, 1.82) is 0 Å². The van der Waals surface area contributed by atoms with Gasteiger partial charge < -0.3 is 14.4 Å². The van der Waals surface area contributed by atoms with E-state index in [0.717, 1.165) is 29.7 Å². The van der Waals surface area contributed by atoms with Crippen LogP contribution in [-0.2, 0) is 9.53 Å². The summed E-state index contributed by atoms with van der Waals surface area (Å²) >= 11 is 0. The molecule has 0 aliphatic carbocycles. The lowest BCUT2D eigenvalue weighted by Gasteiger charge is -2.40. The summed E-state index contributed by atoms with van der Waals surface area (Å²) in [6.07, 6.45) is 2.16. The third kappa shape index (κ3) is 4.74. The fourth-order valence-electron chi connectivity index (χ4n) is 4.10. The van der Waals surface area contributed by atoms with Crippen LogP contribution in [0.1, 0.15) is 50.2 Å². The minimum Gasteiger partial charge on any atom is -0.496 e. The van der Waals surface area contributed by atoms with Gasteiger partial charge in [0, 0.05) is 37.6 Å².